The largest absolute Gasteiger partial charge is 0.454 e. The molecule has 0 radical (unpaired) electrons. The summed E-state index contributed by atoms with van der Waals surface area (Å²) in [6.45, 7) is 0. The molecule has 0 saturated heterocycles. The Labute approximate surface area is 376 Å². The molecular formula is C62H40N2O. The van der Waals surface area contributed by atoms with Gasteiger partial charge in [-0.2, -0.15) is 0 Å². The van der Waals surface area contributed by atoms with Gasteiger partial charge in [0.2, 0.25) is 0 Å². The number of anilines is 3. The SMILES string of the molecule is c1ccc(-n2c3ccccc3c3cc(-c4ccc(-c5ccc(N(c6ccc(-c7ccc8ccccc8c7)cc6)c6cc7ccccc7c7c6oc6ccccc67)cc5)cc4)ccc32)cc1. The maximum Gasteiger partial charge on any atom is 0.160 e. The monoisotopic (exact) mass is 828 g/mol. The maximum absolute atomic E-state index is 6.81. The van der Waals surface area contributed by atoms with Gasteiger partial charge in [-0.05, 0) is 128 Å². The number of rotatable bonds is 7. The van der Waals surface area contributed by atoms with Crippen LogP contribution in [0.3, 0.4) is 0 Å². The van der Waals surface area contributed by atoms with Gasteiger partial charge in [0.1, 0.15) is 5.58 Å². The molecule has 3 heteroatoms. The van der Waals surface area contributed by atoms with Crippen LogP contribution in [-0.2, 0) is 0 Å². The normalized spacial score (nSPS) is 11.7. The predicted molar refractivity (Wildman–Crippen MR) is 274 cm³/mol. The van der Waals surface area contributed by atoms with Crippen molar-refractivity contribution < 1.29 is 4.42 Å². The minimum Gasteiger partial charge on any atom is -0.454 e. The molecule has 13 aromatic rings. The third-order valence-electron chi connectivity index (χ3n) is 13.2. The highest BCUT2D eigenvalue weighted by Gasteiger charge is 2.22. The van der Waals surface area contributed by atoms with Crippen molar-refractivity contribution in [3.8, 4) is 39.1 Å². The van der Waals surface area contributed by atoms with E-state index in [4.69, 9.17) is 4.42 Å². The van der Waals surface area contributed by atoms with E-state index < -0.39 is 0 Å². The van der Waals surface area contributed by atoms with Gasteiger partial charge in [-0.15, -0.1) is 0 Å². The van der Waals surface area contributed by atoms with Crippen LogP contribution in [0, 0.1) is 0 Å². The highest BCUT2D eigenvalue weighted by atomic mass is 16.3. The lowest BCUT2D eigenvalue weighted by molar-refractivity contribution is 0.669. The summed E-state index contributed by atoms with van der Waals surface area (Å²) >= 11 is 0. The Morgan fingerprint density at radius 2 is 0.831 bits per heavy atom. The number of hydrogen-bond donors (Lipinski definition) is 0. The predicted octanol–water partition coefficient (Wildman–Crippen LogP) is 17.5. The van der Waals surface area contributed by atoms with Crippen LogP contribution in [0.15, 0.2) is 247 Å². The van der Waals surface area contributed by atoms with Crippen LogP contribution in [0.25, 0.3) is 104 Å². The van der Waals surface area contributed by atoms with Crippen molar-refractivity contribution in [1.82, 2.24) is 4.57 Å². The summed E-state index contributed by atoms with van der Waals surface area (Å²) in [5, 5.41) is 9.57. The van der Waals surface area contributed by atoms with Gasteiger partial charge in [0.05, 0.1) is 16.7 Å². The number of nitrogens with zero attached hydrogens (tertiary/aromatic N) is 2. The van der Waals surface area contributed by atoms with Crippen molar-refractivity contribution in [2.75, 3.05) is 4.90 Å². The molecule has 13 rings (SSSR count). The lowest BCUT2D eigenvalue weighted by Crippen LogP contribution is -2.10. The van der Waals surface area contributed by atoms with Crippen molar-refractivity contribution in [2.45, 2.75) is 0 Å². The first-order chi connectivity index (χ1) is 32.2. The molecule has 11 aromatic carbocycles. The molecular weight excluding hydrogens is 789 g/mol. The van der Waals surface area contributed by atoms with E-state index in [1.165, 1.54) is 71.5 Å². The molecule has 0 N–H and O–H groups in total. The first kappa shape index (κ1) is 36.9. The average Bonchev–Trinajstić information content (AvgIpc) is 3.94. The van der Waals surface area contributed by atoms with Crippen LogP contribution in [-0.4, -0.2) is 4.57 Å². The van der Waals surface area contributed by atoms with Crippen LogP contribution < -0.4 is 4.90 Å². The highest BCUT2D eigenvalue weighted by molar-refractivity contribution is 6.23. The Morgan fingerprint density at radius 3 is 1.55 bits per heavy atom. The fourth-order valence-electron chi connectivity index (χ4n) is 9.99. The van der Waals surface area contributed by atoms with Crippen LogP contribution in [0.1, 0.15) is 0 Å². The molecule has 0 amide bonds. The van der Waals surface area contributed by atoms with E-state index in [0.717, 1.165) is 50.0 Å². The summed E-state index contributed by atoms with van der Waals surface area (Å²) in [4.78, 5) is 2.35. The summed E-state index contributed by atoms with van der Waals surface area (Å²) in [7, 11) is 0. The fourth-order valence-corrected chi connectivity index (χ4v) is 9.99. The molecule has 0 unspecified atom stereocenters. The molecule has 2 heterocycles. The Morgan fingerprint density at radius 1 is 0.323 bits per heavy atom. The molecule has 0 fully saturated rings. The second-order valence-corrected chi connectivity index (χ2v) is 16.9. The van der Waals surface area contributed by atoms with E-state index in [1.54, 1.807) is 0 Å². The highest BCUT2D eigenvalue weighted by Crippen LogP contribution is 2.46. The van der Waals surface area contributed by atoms with Crippen LogP contribution in [0.4, 0.5) is 17.1 Å². The number of aromatic nitrogens is 1. The number of furan rings is 1. The summed E-state index contributed by atoms with van der Waals surface area (Å²) in [5.41, 5.74) is 15.5. The zero-order valence-corrected chi connectivity index (χ0v) is 35.4. The van der Waals surface area contributed by atoms with Gasteiger partial charge in [-0.25, -0.2) is 0 Å². The van der Waals surface area contributed by atoms with Gasteiger partial charge in [-0.3, -0.25) is 0 Å². The number of fused-ring (bicyclic) bond motifs is 9. The lowest BCUT2D eigenvalue weighted by Gasteiger charge is -2.26. The Bertz CT molecular complexity index is 3920. The average molecular weight is 829 g/mol. The van der Waals surface area contributed by atoms with E-state index in [0.29, 0.717) is 0 Å². The van der Waals surface area contributed by atoms with Crippen molar-refractivity contribution in [1.29, 1.82) is 0 Å². The standard InChI is InChI=1S/C62H40N2O/c1-2-15-50(16-3-1)64-57-20-10-8-18-54(57)56-39-48(32-37-58(56)64)44-24-22-42(23-25-44)43-28-33-51(34-29-43)63(52-35-30-45(31-36-52)47-27-26-41-12-4-5-13-46(41)38-47)59-40-49-14-6-7-17-53(49)61-55-19-9-11-21-60(55)65-62(59)61/h1-40H. The zero-order chi connectivity index (χ0) is 42.8. The molecule has 0 aliphatic carbocycles. The molecule has 0 spiro atoms. The van der Waals surface area contributed by atoms with Crippen molar-refractivity contribution in [2.24, 2.45) is 0 Å². The molecule has 0 aliphatic rings. The fraction of sp³-hybridized carbons (Fsp3) is 0. The van der Waals surface area contributed by atoms with Crippen LogP contribution in [0.5, 0.6) is 0 Å². The van der Waals surface area contributed by atoms with Crippen molar-refractivity contribution >= 4 is 82.4 Å². The van der Waals surface area contributed by atoms with E-state index >= 15 is 0 Å². The third-order valence-corrected chi connectivity index (χ3v) is 13.2. The van der Waals surface area contributed by atoms with Gasteiger partial charge in [0.15, 0.2) is 5.58 Å². The quantitative estimate of drug-likeness (QED) is 0.160. The summed E-state index contributed by atoms with van der Waals surface area (Å²) in [6, 6.07) is 87.6. The molecule has 3 nitrogen and oxygen atoms in total. The molecule has 0 aliphatic heterocycles. The smallest absolute Gasteiger partial charge is 0.160 e. The lowest BCUT2D eigenvalue weighted by atomic mass is 9.98. The topological polar surface area (TPSA) is 21.3 Å². The van der Waals surface area contributed by atoms with Gasteiger partial charge in [0.25, 0.3) is 0 Å². The Hall–Kier alpha value is -8.66. The van der Waals surface area contributed by atoms with Gasteiger partial charge >= 0.3 is 0 Å². The number of hydrogen-bond acceptors (Lipinski definition) is 2. The van der Waals surface area contributed by atoms with E-state index in [-0.39, 0.29) is 0 Å². The van der Waals surface area contributed by atoms with E-state index in [9.17, 15) is 0 Å². The number of para-hydroxylation sites is 3. The first-order valence-corrected chi connectivity index (χ1v) is 22.2. The summed E-state index contributed by atoms with van der Waals surface area (Å²) in [5.74, 6) is 0. The molecule has 304 valence electrons. The van der Waals surface area contributed by atoms with Crippen molar-refractivity contribution in [3.63, 3.8) is 0 Å². The van der Waals surface area contributed by atoms with Crippen LogP contribution in [0.2, 0.25) is 0 Å². The third kappa shape index (κ3) is 6.20. The zero-order valence-electron chi connectivity index (χ0n) is 35.4. The minimum absolute atomic E-state index is 0.867. The second-order valence-electron chi connectivity index (χ2n) is 16.9. The molecule has 65 heavy (non-hydrogen) atoms. The molecule has 0 bridgehead atoms. The molecule has 0 saturated carbocycles. The second kappa shape index (κ2) is 15.0. The molecule has 2 aromatic heterocycles. The van der Waals surface area contributed by atoms with E-state index in [2.05, 4.69) is 246 Å². The summed E-state index contributed by atoms with van der Waals surface area (Å²) < 4.78 is 9.18. The van der Waals surface area contributed by atoms with Gasteiger partial charge in [-0.1, -0.05) is 170 Å². The van der Waals surface area contributed by atoms with Crippen LogP contribution >= 0.6 is 0 Å². The minimum atomic E-state index is 0.867. The van der Waals surface area contributed by atoms with Gasteiger partial charge < -0.3 is 13.9 Å². The number of benzene rings is 11. The Kier molecular flexibility index (Phi) is 8.53. The summed E-state index contributed by atoms with van der Waals surface area (Å²) in [6.07, 6.45) is 0. The van der Waals surface area contributed by atoms with Crippen molar-refractivity contribution in [3.05, 3.63) is 243 Å². The first-order valence-electron chi connectivity index (χ1n) is 22.2. The Balaban J connectivity index is 0.887. The molecule has 0 atom stereocenters. The van der Waals surface area contributed by atoms with E-state index in [1.807, 2.05) is 6.07 Å². The van der Waals surface area contributed by atoms with Gasteiger partial charge in [0, 0.05) is 38.6 Å². The maximum atomic E-state index is 6.81.